The molecule has 2 aromatic heterocycles. The molecule has 0 aliphatic carbocycles. The van der Waals surface area contributed by atoms with E-state index in [0.29, 0.717) is 0 Å². The number of hydrogen-bond donors (Lipinski definition) is 0. The van der Waals surface area contributed by atoms with Crippen LogP contribution in [0.4, 0.5) is 0 Å². The van der Waals surface area contributed by atoms with Gasteiger partial charge in [0.05, 0.1) is 12.1 Å². The highest BCUT2D eigenvalue weighted by atomic mass is 32.2. The fourth-order valence-electron chi connectivity index (χ4n) is 1.05. The Balaban J connectivity index is 2.39. The Morgan fingerprint density at radius 2 is 1.27 bits per heavy atom. The summed E-state index contributed by atoms with van der Waals surface area (Å²) in [5, 5.41) is 0. The van der Waals surface area contributed by atoms with Gasteiger partial charge in [-0.05, 0) is 12.1 Å². The van der Waals surface area contributed by atoms with E-state index in [4.69, 9.17) is 0 Å². The quantitative estimate of drug-likeness (QED) is 0.757. The maximum Gasteiger partial charge on any atom is 0.261 e. The molecule has 0 N–H and O–H groups in total. The molecule has 0 saturated heterocycles. The van der Waals surface area contributed by atoms with Crippen LogP contribution in [0.1, 0.15) is 0 Å². The van der Waals surface area contributed by atoms with Crippen LogP contribution in [-0.2, 0) is 0 Å². The molecule has 76 valence electrons. The fraction of sp³-hybridized carbons (Fsp3) is 0. The van der Waals surface area contributed by atoms with Gasteiger partial charge in [-0.3, -0.25) is 9.59 Å². The van der Waals surface area contributed by atoms with Crippen molar-refractivity contribution < 1.29 is 0 Å². The zero-order valence-corrected chi connectivity index (χ0v) is 8.55. The molecule has 2 heterocycles. The number of hydrogen-bond acceptors (Lipinski definition) is 3. The molecule has 0 spiro atoms. The molecular weight excluding hydrogens is 212 g/mol. The summed E-state index contributed by atoms with van der Waals surface area (Å²) >= 11 is 1.05. The van der Waals surface area contributed by atoms with Crippen LogP contribution >= 0.6 is 12.1 Å². The van der Waals surface area contributed by atoms with Crippen molar-refractivity contribution in [3.8, 4) is 0 Å². The largest absolute Gasteiger partial charge is 0.268 e. The molecule has 5 heteroatoms. The van der Waals surface area contributed by atoms with Gasteiger partial charge in [0.1, 0.15) is 0 Å². The van der Waals surface area contributed by atoms with Gasteiger partial charge in [-0.25, -0.2) is 7.94 Å². The van der Waals surface area contributed by atoms with E-state index in [2.05, 4.69) is 0 Å². The van der Waals surface area contributed by atoms with Crippen LogP contribution in [0, 0.1) is 0 Å². The SMILES string of the molecule is O=c1ccccn1Sn1ccccc1=O. The summed E-state index contributed by atoms with van der Waals surface area (Å²) in [5.74, 6) is 0. The van der Waals surface area contributed by atoms with Crippen LogP contribution in [0.25, 0.3) is 0 Å². The van der Waals surface area contributed by atoms with Crippen LogP contribution in [0.3, 0.4) is 0 Å². The minimum atomic E-state index is -0.154. The van der Waals surface area contributed by atoms with E-state index in [1.807, 2.05) is 0 Å². The van der Waals surface area contributed by atoms with Gasteiger partial charge in [-0.15, -0.1) is 0 Å². The van der Waals surface area contributed by atoms with Crippen LogP contribution in [-0.4, -0.2) is 7.94 Å². The van der Waals surface area contributed by atoms with Gasteiger partial charge < -0.3 is 0 Å². The normalized spacial score (nSPS) is 10.1. The second kappa shape index (κ2) is 4.18. The average Bonchev–Trinajstić information content (AvgIpc) is 2.24. The first-order valence-electron chi connectivity index (χ1n) is 4.31. The number of rotatable bonds is 2. The molecule has 0 amide bonds. The third-order valence-corrected chi connectivity index (χ3v) is 2.71. The summed E-state index contributed by atoms with van der Waals surface area (Å²) in [6.07, 6.45) is 3.24. The fourth-order valence-corrected chi connectivity index (χ4v) is 1.78. The maximum atomic E-state index is 11.4. The predicted molar refractivity (Wildman–Crippen MR) is 59.8 cm³/mol. The molecule has 0 radical (unpaired) electrons. The van der Waals surface area contributed by atoms with E-state index < -0.39 is 0 Å². The second-order valence-corrected chi connectivity index (χ2v) is 3.76. The molecule has 0 aliphatic heterocycles. The lowest BCUT2D eigenvalue weighted by atomic mass is 10.5. The van der Waals surface area contributed by atoms with Crippen molar-refractivity contribution in [2.75, 3.05) is 0 Å². The average molecular weight is 220 g/mol. The van der Waals surface area contributed by atoms with Crippen LogP contribution in [0.5, 0.6) is 0 Å². The predicted octanol–water partition coefficient (Wildman–Crippen LogP) is 0.970. The molecule has 0 aromatic carbocycles. The molecule has 0 saturated carbocycles. The second-order valence-electron chi connectivity index (χ2n) is 2.81. The topological polar surface area (TPSA) is 44.0 Å². The highest BCUT2D eigenvalue weighted by Crippen LogP contribution is 2.02. The lowest BCUT2D eigenvalue weighted by molar-refractivity contribution is 1.07. The smallest absolute Gasteiger partial charge is 0.261 e. The zero-order chi connectivity index (χ0) is 10.7. The van der Waals surface area contributed by atoms with Crippen molar-refractivity contribution in [3.05, 3.63) is 69.5 Å². The van der Waals surface area contributed by atoms with Crippen LogP contribution in [0.15, 0.2) is 58.4 Å². The van der Waals surface area contributed by atoms with E-state index in [0.717, 1.165) is 12.1 Å². The first-order chi connectivity index (χ1) is 7.27. The van der Waals surface area contributed by atoms with Crippen molar-refractivity contribution in [1.29, 1.82) is 0 Å². The van der Waals surface area contributed by atoms with Crippen LogP contribution in [0.2, 0.25) is 0 Å². The summed E-state index contributed by atoms with van der Waals surface area (Å²) in [7, 11) is 0. The van der Waals surface area contributed by atoms with Gasteiger partial charge in [0.15, 0.2) is 0 Å². The van der Waals surface area contributed by atoms with E-state index in [-0.39, 0.29) is 11.1 Å². The van der Waals surface area contributed by atoms with Crippen LogP contribution < -0.4 is 11.1 Å². The van der Waals surface area contributed by atoms with Gasteiger partial charge >= 0.3 is 0 Å². The molecular formula is C10H8N2O2S. The molecule has 0 fully saturated rings. The monoisotopic (exact) mass is 220 g/mol. The molecule has 0 aliphatic rings. The molecule has 4 nitrogen and oxygen atoms in total. The number of pyridine rings is 2. The highest BCUT2D eigenvalue weighted by molar-refractivity contribution is 7.96. The first-order valence-corrected chi connectivity index (χ1v) is 5.04. The minimum absolute atomic E-state index is 0.154. The van der Waals surface area contributed by atoms with Gasteiger partial charge in [-0.2, -0.15) is 0 Å². The molecule has 0 unspecified atom stereocenters. The number of nitrogens with zero attached hydrogens (tertiary/aromatic N) is 2. The van der Waals surface area contributed by atoms with Gasteiger partial charge in [0, 0.05) is 24.5 Å². The van der Waals surface area contributed by atoms with Crippen molar-refractivity contribution in [3.63, 3.8) is 0 Å². The minimum Gasteiger partial charge on any atom is -0.268 e. The Morgan fingerprint density at radius 3 is 1.67 bits per heavy atom. The van der Waals surface area contributed by atoms with E-state index in [1.54, 1.807) is 36.7 Å². The number of aromatic nitrogens is 2. The Labute approximate surface area is 90.1 Å². The molecule has 2 aromatic rings. The summed E-state index contributed by atoms with van der Waals surface area (Å²) in [6, 6.07) is 9.69. The summed E-state index contributed by atoms with van der Waals surface area (Å²) < 4.78 is 2.78. The Bertz CT molecular complexity index is 522. The first kappa shape index (κ1) is 9.79. The molecule has 2 rings (SSSR count). The summed E-state index contributed by atoms with van der Waals surface area (Å²) in [6.45, 7) is 0. The van der Waals surface area contributed by atoms with E-state index in [9.17, 15) is 9.59 Å². The summed E-state index contributed by atoms with van der Waals surface area (Å²) in [5.41, 5.74) is -0.309. The lowest BCUT2D eigenvalue weighted by Gasteiger charge is -2.04. The zero-order valence-electron chi connectivity index (χ0n) is 7.74. The summed E-state index contributed by atoms with van der Waals surface area (Å²) in [4.78, 5) is 22.7. The Morgan fingerprint density at radius 1 is 0.800 bits per heavy atom. The highest BCUT2D eigenvalue weighted by Gasteiger charge is 1.97. The third-order valence-electron chi connectivity index (χ3n) is 1.75. The molecule has 0 bridgehead atoms. The standard InChI is InChI=1S/C10H8N2O2S/c13-9-5-1-3-7-11(9)15-12-8-4-2-6-10(12)14/h1-8H. The van der Waals surface area contributed by atoms with E-state index >= 15 is 0 Å². The van der Waals surface area contributed by atoms with Crippen molar-refractivity contribution >= 4 is 12.1 Å². The molecule has 0 atom stereocenters. The van der Waals surface area contributed by atoms with Gasteiger partial charge in [-0.1, -0.05) is 12.1 Å². The Kier molecular flexibility index (Phi) is 2.73. The van der Waals surface area contributed by atoms with Crippen molar-refractivity contribution in [2.45, 2.75) is 0 Å². The molecule has 15 heavy (non-hydrogen) atoms. The van der Waals surface area contributed by atoms with Gasteiger partial charge in [0.2, 0.25) is 0 Å². The van der Waals surface area contributed by atoms with Crippen molar-refractivity contribution in [1.82, 2.24) is 7.94 Å². The Hall–Kier alpha value is -1.75. The lowest BCUT2D eigenvalue weighted by Crippen LogP contribution is -2.19. The van der Waals surface area contributed by atoms with Gasteiger partial charge in [0.25, 0.3) is 11.1 Å². The maximum absolute atomic E-state index is 11.4. The third kappa shape index (κ3) is 2.19. The van der Waals surface area contributed by atoms with Crippen molar-refractivity contribution in [2.24, 2.45) is 0 Å². The van der Waals surface area contributed by atoms with E-state index in [1.165, 1.54) is 20.1 Å².